The molecule has 3 rings (SSSR count). The average Bonchev–Trinajstić information content (AvgIpc) is 2.84. The maximum absolute atomic E-state index is 13.6. The summed E-state index contributed by atoms with van der Waals surface area (Å²) in [6.45, 7) is 0. The minimum absolute atomic E-state index is 0.0106. The Hall–Kier alpha value is -2.12. The van der Waals surface area contributed by atoms with Gasteiger partial charge in [0.05, 0.1) is 10.7 Å². The van der Waals surface area contributed by atoms with Gasteiger partial charge in [0, 0.05) is 10.1 Å². The van der Waals surface area contributed by atoms with Crippen LogP contribution in [-0.4, -0.2) is 5.91 Å². The van der Waals surface area contributed by atoms with Crippen LogP contribution in [0.1, 0.15) is 9.67 Å². The molecular formula is C15H6ClF4NOS. The predicted octanol–water partition coefficient (Wildman–Crippen LogP) is 5.36. The molecule has 0 aliphatic carbocycles. The molecule has 0 aliphatic heterocycles. The second-order valence-corrected chi connectivity index (χ2v) is 5.99. The summed E-state index contributed by atoms with van der Waals surface area (Å²) >= 11 is 6.97. The van der Waals surface area contributed by atoms with Crippen molar-refractivity contribution < 1.29 is 22.4 Å². The highest BCUT2D eigenvalue weighted by Gasteiger charge is 2.20. The van der Waals surface area contributed by atoms with Gasteiger partial charge in [-0.1, -0.05) is 11.6 Å². The van der Waals surface area contributed by atoms with Gasteiger partial charge in [-0.05, 0) is 30.3 Å². The van der Waals surface area contributed by atoms with Crippen molar-refractivity contribution in [2.45, 2.75) is 0 Å². The highest BCUT2D eigenvalue weighted by molar-refractivity contribution is 7.21. The third-order valence-electron chi connectivity index (χ3n) is 3.08. The standard InChI is InChI=1S/C15H6ClF4NOS/c16-11-7-2-1-6(17)5-10(7)23-14(11)15(22)21-9-4-3-8(18)12(19)13(9)20/h1-5H,(H,21,22). The Morgan fingerprint density at radius 1 is 1.04 bits per heavy atom. The van der Waals surface area contributed by atoms with Crippen molar-refractivity contribution in [1.29, 1.82) is 0 Å². The molecule has 1 amide bonds. The Bertz CT molecular complexity index is 941. The number of fused-ring (bicyclic) bond motifs is 1. The van der Waals surface area contributed by atoms with Gasteiger partial charge >= 0.3 is 0 Å². The van der Waals surface area contributed by atoms with Crippen LogP contribution in [0.2, 0.25) is 5.02 Å². The van der Waals surface area contributed by atoms with Gasteiger partial charge in [0.15, 0.2) is 17.5 Å². The van der Waals surface area contributed by atoms with E-state index in [1.165, 1.54) is 18.2 Å². The van der Waals surface area contributed by atoms with Gasteiger partial charge in [0.2, 0.25) is 0 Å². The van der Waals surface area contributed by atoms with Crippen LogP contribution >= 0.6 is 22.9 Å². The highest BCUT2D eigenvalue weighted by Crippen LogP contribution is 2.36. The molecule has 2 nitrogen and oxygen atoms in total. The number of nitrogens with one attached hydrogen (secondary N) is 1. The third-order valence-corrected chi connectivity index (χ3v) is 4.74. The van der Waals surface area contributed by atoms with Gasteiger partial charge < -0.3 is 5.32 Å². The number of hydrogen-bond donors (Lipinski definition) is 1. The van der Waals surface area contributed by atoms with Crippen LogP contribution in [0.25, 0.3) is 10.1 Å². The lowest BCUT2D eigenvalue weighted by molar-refractivity contribution is 0.103. The fraction of sp³-hybridized carbons (Fsp3) is 0. The lowest BCUT2D eigenvalue weighted by atomic mass is 10.2. The lowest BCUT2D eigenvalue weighted by Crippen LogP contribution is -2.13. The molecule has 0 bridgehead atoms. The number of hydrogen-bond acceptors (Lipinski definition) is 2. The van der Waals surface area contributed by atoms with Crippen LogP contribution in [0.4, 0.5) is 23.2 Å². The molecule has 3 aromatic rings. The van der Waals surface area contributed by atoms with Crippen molar-refractivity contribution in [2.24, 2.45) is 0 Å². The Kier molecular flexibility index (Phi) is 3.99. The summed E-state index contributed by atoms with van der Waals surface area (Å²) in [6.07, 6.45) is 0. The molecule has 0 saturated carbocycles. The zero-order chi connectivity index (χ0) is 16.7. The Labute approximate surface area is 136 Å². The maximum Gasteiger partial charge on any atom is 0.267 e. The molecule has 2 aromatic carbocycles. The molecule has 0 aliphatic rings. The second kappa shape index (κ2) is 5.82. The van der Waals surface area contributed by atoms with Crippen LogP contribution in [-0.2, 0) is 0 Å². The van der Waals surface area contributed by atoms with Crippen molar-refractivity contribution >= 4 is 44.6 Å². The normalized spacial score (nSPS) is 11.0. The summed E-state index contributed by atoms with van der Waals surface area (Å²) in [5, 5.41) is 2.66. The van der Waals surface area contributed by atoms with Crippen molar-refractivity contribution in [1.82, 2.24) is 0 Å². The van der Waals surface area contributed by atoms with E-state index in [-0.39, 0.29) is 9.90 Å². The summed E-state index contributed by atoms with van der Waals surface area (Å²) < 4.78 is 53.3. The number of amides is 1. The highest BCUT2D eigenvalue weighted by atomic mass is 35.5. The predicted molar refractivity (Wildman–Crippen MR) is 81.1 cm³/mol. The smallest absolute Gasteiger partial charge is 0.267 e. The first-order valence-electron chi connectivity index (χ1n) is 6.21. The number of thiophene rings is 1. The Balaban J connectivity index is 1.98. The monoisotopic (exact) mass is 359 g/mol. The SMILES string of the molecule is O=C(Nc1ccc(F)c(F)c1F)c1sc2cc(F)ccc2c1Cl. The average molecular weight is 360 g/mol. The fourth-order valence-corrected chi connectivity index (χ4v) is 3.42. The van der Waals surface area contributed by atoms with Crippen molar-refractivity contribution in [3.63, 3.8) is 0 Å². The molecule has 0 saturated heterocycles. The summed E-state index contributed by atoms with van der Waals surface area (Å²) in [5.74, 6) is -5.86. The molecule has 0 atom stereocenters. The van der Waals surface area contributed by atoms with Gasteiger partial charge in [-0.3, -0.25) is 4.79 Å². The Morgan fingerprint density at radius 2 is 1.78 bits per heavy atom. The zero-order valence-electron chi connectivity index (χ0n) is 11.1. The summed E-state index contributed by atoms with van der Waals surface area (Å²) in [7, 11) is 0. The Morgan fingerprint density at radius 3 is 2.52 bits per heavy atom. The van der Waals surface area contributed by atoms with E-state index >= 15 is 0 Å². The van der Waals surface area contributed by atoms with Crippen LogP contribution in [0, 0.1) is 23.3 Å². The van der Waals surface area contributed by atoms with Gasteiger partial charge in [-0.25, -0.2) is 17.6 Å². The summed E-state index contributed by atoms with van der Waals surface area (Å²) in [4.78, 5) is 12.2. The van der Waals surface area contributed by atoms with E-state index in [0.717, 1.165) is 17.4 Å². The van der Waals surface area contributed by atoms with Crippen molar-refractivity contribution in [3.8, 4) is 0 Å². The molecule has 0 unspecified atom stereocenters. The second-order valence-electron chi connectivity index (χ2n) is 4.56. The largest absolute Gasteiger partial charge is 0.319 e. The lowest BCUT2D eigenvalue weighted by Gasteiger charge is -2.06. The van der Waals surface area contributed by atoms with E-state index in [4.69, 9.17) is 11.6 Å². The number of carbonyl (C=O) groups is 1. The first-order chi connectivity index (χ1) is 10.9. The summed E-state index contributed by atoms with van der Waals surface area (Å²) in [5.41, 5.74) is -0.520. The van der Waals surface area contributed by atoms with Crippen molar-refractivity contribution in [2.75, 3.05) is 5.32 Å². The van der Waals surface area contributed by atoms with E-state index in [1.807, 2.05) is 0 Å². The number of halogens is 5. The number of carbonyl (C=O) groups excluding carboxylic acids is 1. The third kappa shape index (κ3) is 2.77. The molecule has 118 valence electrons. The van der Waals surface area contributed by atoms with Crippen LogP contribution in [0.15, 0.2) is 30.3 Å². The molecule has 0 spiro atoms. The minimum Gasteiger partial charge on any atom is -0.319 e. The number of anilines is 1. The minimum atomic E-state index is -1.69. The first kappa shape index (κ1) is 15.8. The number of benzene rings is 2. The first-order valence-corrected chi connectivity index (χ1v) is 7.40. The fourth-order valence-electron chi connectivity index (χ4n) is 1.99. The molecular weight excluding hydrogens is 354 g/mol. The van der Waals surface area contributed by atoms with Crippen molar-refractivity contribution in [3.05, 3.63) is 63.5 Å². The van der Waals surface area contributed by atoms with Crippen LogP contribution in [0.3, 0.4) is 0 Å². The van der Waals surface area contributed by atoms with Gasteiger partial charge in [0.1, 0.15) is 10.7 Å². The van der Waals surface area contributed by atoms with Gasteiger partial charge in [-0.15, -0.1) is 11.3 Å². The topological polar surface area (TPSA) is 29.1 Å². The molecule has 23 heavy (non-hydrogen) atoms. The van der Waals surface area contributed by atoms with E-state index in [0.29, 0.717) is 16.2 Å². The molecule has 1 N–H and O–H groups in total. The van der Waals surface area contributed by atoms with Crippen LogP contribution < -0.4 is 5.32 Å². The molecule has 1 heterocycles. The van der Waals surface area contributed by atoms with E-state index < -0.39 is 34.9 Å². The quantitative estimate of drug-likeness (QED) is 0.484. The van der Waals surface area contributed by atoms with Crippen LogP contribution in [0.5, 0.6) is 0 Å². The molecule has 8 heteroatoms. The summed E-state index contributed by atoms with van der Waals surface area (Å²) in [6, 6.07) is 5.40. The van der Waals surface area contributed by atoms with E-state index in [2.05, 4.69) is 5.32 Å². The zero-order valence-corrected chi connectivity index (χ0v) is 12.7. The van der Waals surface area contributed by atoms with E-state index in [1.54, 1.807) is 0 Å². The molecule has 1 aromatic heterocycles. The maximum atomic E-state index is 13.6. The van der Waals surface area contributed by atoms with E-state index in [9.17, 15) is 22.4 Å². The van der Waals surface area contributed by atoms with Gasteiger partial charge in [0.25, 0.3) is 5.91 Å². The molecule has 0 radical (unpaired) electrons. The molecule has 0 fully saturated rings. The van der Waals surface area contributed by atoms with Gasteiger partial charge in [-0.2, -0.15) is 0 Å². The number of rotatable bonds is 2.